The standard InChI is InChI=1S/C19H21F2N5O2/c20-18(21)12-2-4-22-15(7-12)25-16-9-14(11-1-5-23-17(27)8-11)24-19(26-16)13-3-6-28-10-13/h2,4,7,9,11,13,18H,1,3,5-6,8,10H2,(H,23,27)(H,22,24,25,26). The molecule has 9 heteroatoms. The molecule has 2 unspecified atom stereocenters. The number of aromatic nitrogens is 3. The Morgan fingerprint density at radius 1 is 1.18 bits per heavy atom. The van der Waals surface area contributed by atoms with Crippen molar-refractivity contribution in [1.29, 1.82) is 0 Å². The molecule has 4 heterocycles. The van der Waals surface area contributed by atoms with Crippen molar-refractivity contribution < 1.29 is 18.3 Å². The average Bonchev–Trinajstić information content (AvgIpc) is 3.23. The second kappa shape index (κ2) is 8.14. The van der Waals surface area contributed by atoms with Crippen LogP contribution in [-0.4, -0.2) is 40.6 Å². The van der Waals surface area contributed by atoms with Gasteiger partial charge >= 0.3 is 0 Å². The van der Waals surface area contributed by atoms with Crippen LogP contribution < -0.4 is 10.6 Å². The normalized spacial score (nSPS) is 22.3. The van der Waals surface area contributed by atoms with Gasteiger partial charge in [-0.2, -0.15) is 0 Å². The van der Waals surface area contributed by atoms with Crippen LogP contribution in [0.3, 0.4) is 0 Å². The monoisotopic (exact) mass is 389 g/mol. The number of rotatable bonds is 5. The SMILES string of the molecule is O=C1CC(c2cc(Nc3cc(C(F)F)ccn3)nc(C3CCOC3)n2)CCN1. The van der Waals surface area contributed by atoms with Crippen molar-refractivity contribution in [3.63, 3.8) is 0 Å². The van der Waals surface area contributed by atoms with E-state index in [4.69, 9.17) is 9.72 Å². The van der Waals surface area contributed by atoms with Gasteiger partial charge in [0.1, 0.15) is 17.5 Å². The van der Waals surface area contributed by atoms with E-state index in [1.807, 2.05) is 0 Å². The van der Waals surface area contributed by atoms with E-state index in [0.29, 0.717) is 37.8 Å². The number of piperidine rings is 1. The Hall–Kier alpha value is -2.68. The van der Waals surface area contributed by atoms with Crippen molar-refractivity contribution >= 4 is 17.5 Å². The number of ether oxygens (including phenoxy) is 1. The molecule has 148 valence electrons. The zero-order chi connectivity index (χ0) is 19.5. The van der Waals surface area contributed by atoms with Crippen molar-refractivity contribution in [2.75, 3.05) is 25.1 Å². The van der Waals surface area contributed by atoms with Gasteiger partial charge in [-0.05, 0) is 25.0 Å². The second-order valence-electron chi connectivity index (χ2n) is 7.04. The Morgan fingerprint density at radius 2 is 2.07 bits per heavy atom. The van der Waals surface area contributed by atoms with Crippen LogP contribution in [0.4, 0.5) is 20.4 Å². The summed E-state index contributed by atoms with van der Waals surface area (Å²) in [4.78, 5) is 25.2. The van der Waals surface area contributed by atoms with Crippen molar-refractivity contribution in [3.8, 4) is 0 Å². The molecule has 0 radical (unpaired) electrons. The molecule has 2 saturated heterocycles. The number of hydrogen-bond donors (Lipinski definition) is 2. The summed E-state index contributed by atoms with van der Waals surface area (Å²) in [6, 6.07) is 4.36. The molecule has 0 aliphatic carbocycles. The molecule has 0 aromatic carbocycles. The van der Waals surface area contributed by atoms with Gasteiger partial charge in [-0.15, -0.1) is 0 Å². The van der Waals surface area contributed by atoms with E-state index in [1.165, 1.54) is 18.3 Å². The number of nitrogens with zero attached hydrogens (tertiary/aromatic N) is 3. The van der Waals surface area contributed by atoms with E-state index in [1.54, 1.807) is 6.07 Å². The highest BCUT2D eigenvalue weighted by atomic mass is 19.3. The lowest BCUT2D eigenvalue weighted by molar-refractivity contribution is -0.122. The minimum Gasteiger partial charge on any atom is -0.381 e. The van der Waals surface area contributed by atoms with Gasteiger partial charge in [0, 0.05) is 54.9 Å². The molecule has 2 fully saturated rings. The molecule has 4 rings (SSSR count). The first-order valence-electron chi connectivity index (χ1n) is 9.33. The van der Waals surface area contributed by atoms with Crippen LogP contribution in [0.25, 0.3) is 0 Å². The molecule has 1 amide bonds. The topological polar surface area (TPSA) is 89.0 Å². The van der Waals surface area contributed by atoms with Crippen molar-refractivity contribution in [3.05, 3.63) is 41.5 Å². The van der Waals surface area contributed by atoms with Gasteiger partial charge in [0.2, 0.25) is 5.91 Å². The fourth-order valence-corrected chi connectivity index (χ4v) is 3.50. The molecular weight excluding hydrogens is 368 g/mol. The summed E-state index contributed by atoms with van der Waals surface area (Å²) < 4.78 is 31.4. The van der Waals surface area contributed by atoms with Crippen LogP contribution in [0.5, 0.6) is 0 Å². The van der Waals surface area contributed by atoms with Crippen molar-refractivity contribution in [1.82, 2.24) is 20.3 Å². The number of carbonyl (C=O) groups excluding carboxylic acids is 1. The molecule has 0 bridgehead atoms. The molecule has 2 atom stereocenters. The van der Waals surface area contributed by atoms with E-state index in [9.17, 15) is 13.6 Å². The third kappa shape index (κ3) is 4.24. The predicted molar refractivity (Wildman–Crippen MR) is 97.7 cm³/mol. The molecule has 2 aliphatic heterocycles. The Kier molecular flexibility index (Phi) is 5.43. The maximum Gasteiger partial charge on any atom is 0.264 e. The Morgan fingerprint density at radius 3 is 2.82 bits per heavy atom. The van der Waals surface area contributed by atoms with Gasteiger partial charge < -0.3 is 15.4 Å². The van der Waals surface area contributed by atoms with E-state index >= 15 is 0 Å². The highest BCUT2D eigenvalue weighted by molar-refractivity contribution is 5.77. The van der Waals surface area contributed by atoms with E-state index in [2.05, 4.69) is 20.6 Å². The number of hydrogen-bond acceptors (Lipinski definition) is 6. The lowest BCUT2D eigenvalue weighted by atomic mass is 9.93. The maximum atomic E-state index is 13.0. The summed E-state index contributed by atoms with van der Waals surface area (Å²) in [6.07, 6.45) is 0.755. The molecule has 2 aromatic heterocycles. The van der Waals surface area contributed by atoms with Crippen LogP contribution in [-0.2, 0) is 9.53 Å². The molecule has 0 spiro atoms. The van der Waals surface area contributed by atoms with E-state index < -0.39 is 6.43 Å². The summed E-state index contributed by atoms with van der Waals surface area (Å²) in [7, 11) is 0. The molecule has 2 N–H and O–H groups in total. The molecule has 2 aliphatic rings. The number of halogens is 2. The quantitative estimate of drug-likeness (QED) is 0.817. The Balaban J connectivity index is 1.65. The lowest BCUT2D eigenvalue weighted by Gasteiger charge is -2.23. The van der Waals surface area contributed by atoms with Gasteiger partial charge in [0.15, 0.2) is 0 Å². The van der Waals surface area contributed by atoms with Gasteiger partial charge in [0.05, 0.1) is 6.61 Å². The number of nitrogens with one attached hydrogen (secondary N) is 2. The lowest BCUT2D eigenvalue weighted by Crippen LogP contribution is -2.33. The molecular formula is C19H21F2N5O2. The molecule has 28 heavy (non-hydrogen) atoms. The summed E-state index contributed by atoms with van der Waals surface area (Å²) in [5, 5.41) is 5.84. The number of anilines is 2. The highest BCUT2D eigenvalue weighted by Crippen LogP contribution is 2.30. The minimum atomic E-state index is -2.57. The van der Waals surface area contributed by atoms with Crippen LogP contribution >= 0.6 is 0 Å². The van der Waals surface area contributed by atoms with Crippen LogP contribution in [0.2, 0.25) is 0 Å². The summed E-state index contributed by atoms with van der Waals surface area (Å²) >= 11 is 0. The molecule has 0 saturated carbocycles. The number of carbonyl (C=O) groups is 1. The average molecular weight is 389 g/mol. The third-order valence-electron chi connectivity index (χ3n) is 5.02. The number of pyridine rings is 1. The van der Waals surface area contributed by atoms with Crippen molar-refractivity contribution in [2.45, 2.75) is 37.5 Å². The van der Waals surface area contributed by atoms with Gasteiger partial charge in [0.25, 0.3) is 6.43 Å². The van der Waals surface area contributed by atoms with Gasteiger partial charge in [-0.25, -0.2) is 23.7 Å². The fraction of sp³-hybridized carbons (Fsp3) is 0.474. The zero-order valence-corrected chi connectivity index (χ0v) is 15.2. The zero-order valence-electron chi connectivity index (χ0n) is 15.2. The fourth-order valence-electron chi connectivity index (χ4n) is 3.50. The Labute approximate surface area is 160 Å². The number of alkyl halides is 2. The van der Waals surface area contributed by atoms with Crippen LogP contribution in [0.15, 0.2) is 24.4 Å². The van der Waals surface area contributed by atoms with Crippen LogP contribution in [0, 0.1) is 0 Å². The van der Waals surface area contributed by atoms with Crippen LogP contribution in [0.1, 0.15) is 54.6 Å². The maximum absolute atomic E-state index is 13.0. The van der Waals surface area contributed by atoms with Gasteiger partial charge in [-0.1, -0.05) is 0 Å². The third-order valence-corrected chi connectivity index (χ3v) is 5.02. The molecule has 7 nitrogen and oxygen atoms in total. The predicted octanol–water partition coefficient (Wildman–Crippen LogP) is 3.05. The number of amides is 1. The summed E-state index contributed by atoms with van der Waals surface area (Å²) in [5.41, 5.74) is 0.666. The van der Waals surface area contributed by atoms with Crippen molar-refractivity contribution in [2.24, 2.45) is 0 Å². The highest BCUT2D eigenvalue weighted by Gasteiger charge is 2.26. The Bertz CT molecular complexity index is 858. The second-order valence-corrected chi connectivity index (χ2v) is 7.04. The van der Waals surface area contributed by atoms with E-state index in [0.717, 1.165) is 18.5 Å². The summed E-state index contributed by atoms with van der Waals surface area (Å²) in [6.45, 7) is 1.81. The van der Waals surface area contributed by atoms with E-state index in [-0.39, 0.29) is 29.1 Å². The summed E-state index contributed by atoms with van der Waals surface area (Å²) in [5.74, 6) is 1.50. The smallest absolute Gasteiger partial charge is 0.264 e. The largest absolute Gasteiger partial charge is 0.381 e. The van der Waals surface area contributed by atoms with Gasteiger partial charge in [-0.3, -0.25) is 4.79 Å². The first-order chi connectivity index (χ1) is 13.6. The first kappa shape index (κ1) is 18.7. The molecule has 2 aromatic rings. The minimum absolute atomic E-state index is 0.00118. The first-order valence-corrected chi connectivity index (χ1v) is 9.33.